The number of hydrogen-bond acceptors (Lipinski definition) is 6. The third-order valence-electron chi connectivity index (χ3n) is 15.1. The predicted octanol–water partition coefficient (Wildman–Crippen LogP) is 19.0. The lowest BCUT2D eigenvalue weighted by molar-refractivity contribution is -0.870. The number of carbonyl (C=O) groups is 1. The van der Waals surface area contributed by atoms with E-state index in [0.717, 1.165) is 38.5 Å². The number of nitrogens with zero attached hydrogens (tertiary/aromatic N) is 1. The number of rotatable bonds is 60. The SMILES string of the molecule is CCCCCCCCCCCCCCCCCCCCCCCCCCCCC(=O)NC(COP(=O)([O-])OCC[N+](C)(C)C)C(O)CCCCCCCCCCCCCCCCCCCCCCCCC. The molecule has 71 heavy (non-hydrogen) atoms. The van der Waals surface area contributed by atoms with Crippen LogP contribution in [0.2, 0.25) is 0 Å². The Kier molecular flexibility index (Phi) is 53.9. The standard InChI is InChI=1S/C62H127N2O6P/c1-6-8-10-12-14-16-18-20-22-24-26-28-30-31-32-34-36-38-40-42-44-46-48-50-52-54-56-62(66)63-60(59-70-71(67,68)69-58-57-64(3,4)5)61(65)55-53-51-49-47-45-43-41-39-37-35-33-29-27-25-23-21-19-17-15-13-11-9-7-2/h60-61,65H,6-59H2,1-5H3,(H-,63,66,67,68). The first-order valence-corrected chi connectivity index (χ1v) is 33.3. The Hall–Kier alpha value is -0.500. The Morgan fingerprint density at radius 1 is 0.437 bits per heavy atom. The Balaban J connectivity index is 4.05. The van der Waals surface area contributed by atoms with Gasteiger partial charge < -0.3 is 28.8 Å². The lowest BCUT2D eigenvalue weighted by Crippen LogP contribution is -2.46. The highest BCUT2D eigenvalue weighted by atomic mass is 31.2. The zero-order valence-electron chi connectivity index (χ0n) is 48.7. The van der Waals surface area contributed by atoms with Crippen LogP contribution >= 0.6 is 7.82 Å². The molecule has 0 rings (SSSR count). The van der Waals surface area contributed by atoms with Crippen molar-refractivity contribution in [1.29, 1.82) is 0 Å². The first-order valence-electron chi connectivity index (χ1n) is 31.9. The van der Waals surface area contributed by atoms with Gasteiger partial charge in [0.2, 0.25) is 5.91 Å². The molecule has 3 unspecified atom stereocenters. The van der Waals surface area contributed by atoms with Crippen molar-refractivity contribution < 1.29 is 32.9 Å². The van der Waals surface area contributed by atoms with Gasteiger partial charge in [-0.15, -0.1) is 0 Å². The molecule has 0 aliphatic rings. The monoisotopic (exact) mass is 1030 g/mol. The molecule has 426 valence electrons. The number of aliphatic hydroxyl groups excluding tert-OH is 1. The normalized spacial score (nSPS) is 13.7. The predicted molar refractivity (Wildman–Crippen MR) is 307 cm³/mol. The molecule has 0 aromatic carbocycles. The molecule has 0 aromatic rings. The van der Waals surface area contributed by atoms with Crippen LogP contribution in [0.4, 0.5) is 0 Å². The molecule has 0 aliphatic heterocycles. The second kappa shape index (κ2) is 54.3. The minimum atomic E-state index is -4.57. The molecule has 3 atom stereocenters. The molecule has 0 radical (unpaired) electrons. The van der Waals surface area contributed by atoms with E-state index in [1.54, 1.807) is 0 Å². The summed E-state index contributed by atoms with van der Waals surface area (Å²) >= 11 is 0. The number of amides is 1. The van der Waals surface area contributed by atoms with E-state index < -0.39 is 20.0 Å². The number of carbonyl (C=O) groups excluding carboxylic acids is 1. The van der Waals surface area contributed by atoms with Gasteiger partial charge in [-0.1, -0.05) is 322 Å². The van der Waals surface area contributed by atoms with Gasteiger partial charge in [-0.05, 0) is 12.8 Å². The number of phosphoric ester groups is 1. The first kappa shape index (κ1) is 70.5. The van der Waals surface area contributed by atoms with Crippen molar-refractivity contribution in [2.24, 2.45) is 0 Å². The fraction of sp³-hybridized carbons (Fsp3) is 0.984. The van der Waals surface area contributed by atoms with Gasteiger partial charge in [-0.25, -0.2) is 0 Å². The summed E-state index contributed by atoms with van der Waals surface area (Å²) in [6, 6.07) is -0.796. The molecule has 1 amide bonds. The number of nitrogens with one attached hydrogen (secondary N) is 1. The number of aliphatic hydroxyl groups is 1. The van der Waals surface area contributed by atoms with E-state index in [1.807, 2.05) is 21.1 Å². The van der Waals surface area contributed by atoms with Crippen LogP contribution in [0.25, 0.3) is 0 Å². The van der Waals surface area contributed by atoms with Crippen LogP contribution in [0, 0.1) is 0 Å². The van der Waals surface area contributed by atoms with Crippen LogP contribution in [-0.4, -0.2) is 68.5 Å². The maximum Gasteiger partial charge on any atom is 0.268 e. The Morgan fingerprint density at radius 3 is 0.958 bits per heavy atom. The molecule has 0 aliphatic carbocycles. The molecule has 0 fully saturated rings. The summed E-state index contributed by atoms with van der Waals surface area (Å²) in [5.74, 6) is -0.155. The molecule has 0 heterocycles. The van der Waals surface area contributed by atoms with E-state index in [9.17, 15) is 19.4 Å². The Labute approximate surface area is 444 Å². The number of unbranched alkanes of at least 4 members (excludes halogenated alkanes) is 47. The van der Waals surface area contributed by atoms with Gasteiger partial charge in [-0.3, -0.25) is 9.36 Å². The van der Waals surface area contributed by atoms with Crippen molar-refractivity contribution in [3.63, 3.8) is 0 Å². The molecule has 2 N–H and O–H groups in total. The largest absolute Gasteiger partial charge is 0.756 e. The number of quaternary nitrogens is 1. The van der Waals surface area contributed by atoms with Gasteiger partial charge in [0, 0.05) is 6.42 Å². The van der Waals surface area contributed by atoms with E-state index in [4.69, 9.17) is 9.05 Å². The van der Waals surface area contributed by atoms with E-state index >= 15 is 0 Å². The molecule has 9 heteroatoms. The molecular weight excluding hydrogens is 900 g/mol. The number of phosphoric acid groups is 1. The second-order valence-corrected chi connectivity index (χ2v) is 24.9. The van der Waals surface area contributed by atoms with Gasteiger partial charge in [0.05, 0.1) is 39.9 Å². The van der Waals surface area contributed by atoms with Gasteiger partial charge in [0.1, 0.15) is 13.2 Å². The number of hydrogen-bond donors (Lipinski definition) is 2. The second-order valence-electron chi connectivity index (χ2n) is 23.5. The van der Waals surface area contributed by atoms with Crippen molar-refractivity contribution in [3.8, 4) is 0 Å². The smallest absolute Gasteiger partial charge is 0.268 e. The van der Waals surface area contributed by atoms with Crippen molar-refractivity contribution in [2.75, 3.05) is 40.9 Å². The molecule has 0 spiro atoms. The van der Waals surface area contributed by atoms with E-state index in [-0.39, 0.29) is 19.1 Å². The topological polar surface area (TPSA) is 108 Å². The van der Waals surface area contributed by atoms with Gasteiger partial charge >= 0.3 is 0 Å². The average molecular weight is 1030 g/mol. The maximum atomic E-state index is 13.0. The van der Waals surface area contributed by atoms with Gasteiger partial charge in [-0.2, -0.15) is 0 Å². The van der Waals surface area contributed by atoms with Gasteiger partial charge in [0.25, 0.3) is 7.82 Å². The molecule has 0 saturated carbocycles. The highest BCUT2D eigenvalue weighted by molar-refractivity contribution is 7.45. The van der Waals surface area contributed by atoms with Crippen LogP contribution in [0.1, 0.15) is 341 Å². The summed E-state index contributed by atoms with van der Waals surface area (Å²) < 4.78 is 23.5. The Morgan fingerprint density at radius 2 is 0.690 bits per heavy atom. The summed E-state index contributed by atoms with van der Waals surface area (Å²) in [5.41, 5.74) is 0. The first-order chi connectivity index (χ1) is 34.5. The molecule has 0 aromatic heterocycles. The van der Waals surface area contributed by atoms with Crippen LogP contribution in [-0.2, 0) is 18.4 Å². The van der Waals surface area contributed by atoms with Crippen molar-refractivity contribution in [2.45, 2.75) is 353 Å². The van der Waals surface area contributed by atoms with Crippen LogP contribution < -0.4 is 10.2 Å². The van der Waals surface area contributed by atoms with Crippen molar-refractivity contribution in [3.05, 3.63) is 0 Å². The summed E-state index contributed by atoms with van der Waals surface area (Å²) in [5, 5.41) is 14.1. The zero-order valence-corrected chi connectivity index (χ0v) is 49.6. The maximum absolute atomic E-state index is 13.0. The Bertz CT molecular complexity index is 1120. The molecular formula is C62H127N2O6P. The summed E-state index contributed by atoms with van der Waals surface area (Å²) in [7, 11) is 1.33. The molecule has 0 bridgehead atoms. The molecule has 8 nitrogen and oxygen atoms in total. The quantitative estimate of drug-likeness (QED) is 0.0357. The van der Waals surface area contributed by atoms with Crippen molar-refractivity contribution in [1.82, 2.24) is 5.32 Å². The van der Waals surface area contributed by atoms with Crippen molar-refractivity contribution >= 4 is 13.7 Å². The summed E-state index contributed by atoms with van der Waals surface area (Å²) in [6.45, 7) is 4.79. The fourth-order valence-corrected chi connectivity index (χ4v) is 10.8. The van der Waals surface area contributed by atoms with E-state index in [1.165, 1.54) is 276 Å². The van der Waals surface area contributed by atoms with Crippen LogP contribution in [0.3, 0.4) is 0 Å². The van der Waals surface area contributed by atoms with Gasteiger partial charge in [0.15, 0.2) is 0 Å². The summed E-state index contributed by atoms with van der Waals surface area (Å²) in [4.78, 5) is 25.6. The minimum absolute atomic E-state index is 0.0168. The lowest BCUT2D eigenvalue weighted by Gasteiger charge is -2.30. The third-order valence-corrected chi connectivity index (χ3v) is 16.1. The molecule has 0 saturated heterocycles. The average Bonchev–Trinajstić information content (AvgIpc) is 3.33. The third kappa shape index (κ3) is 57.1. The number of likely N-dealkylation sites (N-methyl/N-ethyl adjacent to an activating group) is 1. The van der Waals surface area contributed by atoms with E-state index in [0.29, 0.717) is 23.9 Å². The minimum Gasteiger partial charge on any atom is -0.756 e. The highest BCUT2D eigenvalue weighted by Gasteiger charge is 2.24. The zero-order chi connectivity index (χ0) is 52.0. The van der Waals surface area contributed by atoms with Crippen LogP contribution in [0.15, 0.2) is 0 Å². The van der Waals surface area contributed by atoms with E-state index in [2.05, 4.69) is 19.2 Å². The lowest BCUT2D eigenvalue weighted by atomic mass is 10.0. The highest BCUT2D eigenvalue weighted by Crippen LogP contribution is 2.38. The fourth-order valence-electron chi connectivity index (χ4n) is 10.1. The summed E-state index contributed by atoms with van der Waals surface area (Å²) in [6.07, 6.45) is 65.8. The van der Waals surface area contributed by atoms with Crippen LogP contribution in [0.5, 0.6) is 0 Å².